The highest BCUT2D eigenvalue weighted by Crippen LogP contribution is 2.49. The van der Waals surface area contributed by atoms with E-state index in [0.717, 1.165) is 5.56 Å². The van der Waals surface area contributed by atoms with Gasteiger partial charge in [0.15, 0.2) is 28.6 Å². The van der Waals surface area contributed by atoms with Gasteiger partial charge in [-0.3, -0.25) is 4.79 Å². The molecule has 0 radical (unpaired) electrons. The molecule has 1 aliphatic carbocycles. The molecule has 4 aromatic rings. The summed E-state index contributed by atoms with van der Waals surface area (Å²) in [5.74, 6) is -0.166. The lowest BCUT2D eigenvalue weighted by molar-refractivity contribution is -0.174. The minimum Gasteiger partial charge on any atom is -0.493 e. The molecule has 0 saturated carbocycles. The summed E-state index contributed by atoms with van der Waals surface area (Å²) in [5, 5.41) is 6.44. The number of hydrogen-bond donors (Lipinski definition) is 1. The molecule has 1 N–H and O–H groups in total. The molecule has 6 rings (SSSR count). The molecule has 1 amide bonds. The Morgan fingerprint density at radius 2 is 1.81 bits per heavy atom. The maximum absolute atomic E-state index is 13.1. The highest BCUT2D eigenvalue weighted by molar-refractivity contribution is 5.87. The first kappa shape index (κ1) is 22.0. The van der Waals surface area contributed by atoms with Gasteiger partial charge in [-0.25, -0.2) is 9.50 Å². The molecule has 0 saturated heterocycles. The van der Waals surface area contributed by atoms with E-state index >= 15 is 0 Å². The highest BCUT2D eigenvalue weighted by Gasteiger charge is 2.43. The minimum absolute atomic E-state index is 0.0107. The van der Waals surface area contributed by atoms with Crippen LogP contribution < -0.4 is 24.3 Å². The van der Waals surface area contributed by atoms with Crippen molar-refractivity contribution < 1.29 is 36.9 Å². The van der Waals surface area contributed by atoms with E-state index in [1.54, 1.807) is 36.7 Å². The van der Waals surface area contributed by atoms with Crippen molar-refractivity contribution >= 4 is 11.6 Å². The Bertz CT molecular complexity index is 1550. The molecule has 12 heteroatoms. The first-order valence-electron chi connectivity index (χ1n) is 10.7. The Morgan fingerprint density at radius 3 is 2.53 bits per heavy atom. The van der Waals surface area contributed by atoms with Crippen LogP contribution in [-0.4, -0.2) is 47.7 Å². The van der Waals surface area contributed by atoms with E-state index in [0.29, 0.717) is 56.6 Å². The summed E-state index contributed by atoms with van der Waals surface area (Å²) >= 11 is 0. The molecule has 0 bridgehead atoms. The number of ether oxygens (including phenoxy) is 4. The smallest absolute Gasteiger partial charge is 0.471 e. The van der Waals surface area contributed by atoms with Gasteiger partial charge in [0.25, 0.3) is 0 Å². The summed E-state index contributed by atoms with van der Waals surface area (Å²) in [5.41, 5.74) is 3.60. The standard InChI is InChI=1S/C24H17F3N4O5/c1-33-16-4-3-11(5-17(16)34-2)14-8-28-31-9-15-20(29-22(14)31)12-6-18-19(36-10-35-18)7-13(12)21(15)30-23(32)24(25,26)27/h3-9,21H,10H2,1-2H3,(H,30,32)/t21-/m1/s1. The van der Waals surface area contributed by atoms with Crippen molar-refractivity contribution in [3.8, 4) is 45.4 Å². The zero-order valence-corrected chi connectivity index (χ0v) is 18.8. The zero-order valence-electron chi connectivity index (χ0n) is 18.8. The Morgan fingerprint density at radius 1 is 1.06 bits per heavy atom. The maximum Gasteiger partial charge on any atom is 0.471 e. The summed E-state index contributed by atoms with van der Waals surface area (Å²) in [7, 11) is 3.06. The molecule has 0 spiro atoms. The Hall–Kier alpha value is -4.48. The predicted octanol–water partition coefficient (Wildman–Crippen LogP) is 3.89. The number of alkyl halides is 3. The second-order valence-electron chi connectivity index (χ2n) is 8.14. The number of carbonyl (C=O) groups is 1. The first-order chi connectivity index (χ1) is 17.3. The van der Waals surface area contributed by atoms with Crippen molar-refractivity contribution in [1.29, 1.82) is 0 Å². The molecule has 184 valence electrons. The largest absolute Gasteiger partial charge is 0.493 e. The van der Waals surface area contributed by atoms with E-state index < -0.39 is 18.1 Å². The van der Waals surface area contributed by atoms with Crippen molar-refractivity contribution in [3.63, 3.8) is 0 Å². The maximum atomic E-state index is 13.1. The predicted molar refractivity (Wildman–Crippen MR) is 119 cm³/mol. The zero-order chi connectivity index (χ0) is 25.2. The lowest BCUT2D eigenvalue weighted by Crippen LogP contribution is -2.39. The van der Waals surface area contributed by atoms with Crippen molar-refractivity contribution in [2.24, 2.45) is 0 Å². The molecule has 1 atom stereocenters. The third kappa shape index (κ3) is 3.28. The minimum atomic E-state index is -5.05. The van der Waals surface area contributed by atoms with E-state index in [2.05, 4.69) is 10.4 Å². The van der Waals surface area contributed by atoms with Crippen LogP contribution in [0.4, 0.5) is 13.2 Å². The molecule has 36 heavy (non-hydrogen) atoms. The van der Waals surface area contributed by atoms with Gasteiger partial charge < -0.3 is 24.3 Å². The van der Waals surface area contributed by atoms with Crippen molar-refractivity contribution in [2.45, 2.75) is 12.2 Å². The van der Waals surface area contributed by atoms with Gasteiger partial charge in [-0.2, -0.15) is 18.3 Å². The molecule has 2 aromatic heterocycles. The SMILES string of the molecule is COc1ccc(-c2cnn3cc4c(nc23)-c2cc3c(cc2[C@H]4NC(=O)C(F)(F)F)OCO3)cc1OC. The molecule has 2 aromatic carbocycles. The highest BCUT2D eigenvalue weighted by atomic mass is 19.4. The number of amides is 1. The third-order valence-corrected chi connectivity index (χ3v) is 6.17. The van der Waals surface area contributed by atoms with Gasteiger partial charge in [0.1, 0.15) is 0 Å². The van der Waals surface area contributed by atoms with Gasteiger partial charge in [0, 0.05) is 22.9 Å². The molecule has 3 heterocycles. The van der Waals surface area contributed by atoms with Crippen LogP contribution in [0.5, 0.6) is 23.0 Å². The first-order valence-corrected chi connectivity index (χ1v) is 10.7. The molecule has 1 aliphatic heterocycles. The van der Waals surface area contributed by atoms with Crippen molar-refractivity contribution in [3.05, 3.63) is 53.9 Å². The normalized spacial score (nSPS) is 15.5. The fourth-order valence-corrected chi connectivity index (χ4v) is 4.50. The van der Waals surface area contributed by atoms with Crippen LogP contribution in [0.15, 0.2) is 42.7 Å². The van der Waals surface area contributed by atoms with E-state index in [9.17, 15) is 18.0 Å². The van der Waals surface area contributed by atoms with Gasteiger partial charge in [-0.15, -0.1) is 0 Å². The fourth-order valence-electron chi connectivity index (χ4n) is 4.50. The molecule has 0 unspecified atom stereocenters. The number of carbonyl (C=O) groups excluding carboxylic acids is 1. The number of aromatic nitrogens is 3. The van der Waals surface area contributed by atoms with E-state index in [1.165, 1.54) is 18.7 Å². The number of fused-ring (bicyclic) bond motifs is 5. The van der Waals surface area contributed by atoms with E-state index in [-0.39, 0.29) is 6.79 Å². The van der Waals surface area contributed by atoms with Crippen LogP contribution in [0.2, 0.25) is 0 Å². The number of nitrogens with zero attached hydrogens (tertiary/aromatic N) is 3. The summed E-state index contributed by atoms with van der Waals surface area (Å²) in [4.78, 5) is 16.7. The summed E-state index contributed by atoms with van der Waals surface area (Å²) in [6.07, 6.45) is -1.89. The van der Waals surface area contributed by atoms with Crippen molar-refractivity contribution in [2.75, 3.05) is 21.0 Å². The lowest BCUT2D eigenvalue weighted by Gasteiger charge is -2.17. The number of benzene rings is 2. The van der Waals surface area contributed by atoms with Gasteiger partial charge in [0.2, 0.25) is 6.79 Å². The molecular formula is C24H17F3N4O5. The Kier molecular flexibility index (Phi) is 4.75. The topological polar surface area (TPSA) is 96.2 Å². The number of hydrogen-bond acceptors (Lipinski definition) is 7. The van der Waals surface area contributed by atoms with Gasteiger partial charge in [-0.1, -0.05) is 6.07 Å². The van der Waals surface area contributed by atoms with Crippen molar-refractivity contribution in [1.82, 2.24) is 19.9 Å². The molecule has 9 nitrogen and oxygen atoms in total. The van der Waals surface area contributed by atoms with Crippen LogP contribution in [0.25, 0.3) is 28.0 Å². The Labute approximate surface area is 201 Å². The Balaban J connectivity index is 1.52. The quantitative estimate of drug-likeness (QED) is 0.456. The fraction of sp³-hybridized carbons (Fsp3) is 0.208. The van der Waals surface area contributed by atoms with E-state index in [4.69, 9.17) is 23.9 Å². The number of rotatable bonds is 4. The summed E-state index contributed by atoms with van der Waals surface area (Å²) in [6.45, 7) is -0.0107. The van der Waals surface area contributed by atoms with Crippen LogP contribution in [0, 0.1) is 0 Å². The third-order valence-electron chi connectivity index (χ3n) is 6.17. The monoisotopic (exact) mass is 498 g/mol. The van der Waals surface area contributed by atoms with Gasteiger partial charge >= 0.3 is 12.1 Å². The molecule has 2 aliphatic rings. The van der Waals surface area contributed by atoms with Crippen LogP contribution >= 0.6 is 0 Å². The number of methoxy groups -OCH3 is 2. The average Bonchev–Trinajstić information content (AvgIpc) is 3.56. The summed E-state index contributed by atoms with van der Waals surface area (Å²) in [6, 6.07) is 7.48. The van der Waals surface area contributed by atoms with Crippen LogP contribution in [0.3, 0.4) is 0 Å². The van der Waals surface area contributed by atoms with Crippen LogP contribution in [-0.2, 0) is 4.79 Å². The van der Waals surface area contributed by atoms with Crippen LogP contribution in [0.1, 0.15) is 17.2 Å². The van der Waals surface area contributed by atoms with Gasteiger partial charge in [-0.05, 0) is 35.4 Å². The second kappa shape index (κ2) is 7.77. The number of nitrogens with one attached hydrogen (secondary N) is 1. The number of halogens is 3. The molecule has 0 fully saturated rings. The lowest BCUT2D eigenvalue weighted by atomic mass is 10.0. The average molecular weight is 498 g/mol. The second-order valence-corrected chi connectivity index (χ2v) is 8.14. The van der Waals surface area contributed by atoms with Gasteiger partial charge in [0.05, 0.1) is 32.2 Å². The van der Waals surface area contributed by atoms with E-state index in [1.807, 2.05) is 6.07 Å². The summed E-state index contributed by atoms with van der Waals surface area (Å²) < 4.78 is 62.4. The molecular weight excluding hydrogens is 481 g/mol.